The van der Waals surface area contributed by atoms with Gasteiger partial charge < -0.3 is 15.4 Å². The number of benzene rings is 2. The Kier molecular flexibility index (Phi) is 4.12. The van der Waals surface area contributed by atoms with Crippen LogP contribution in [0.25, 0.3) is 0 Å². The summed E-state index contributed by atoms with van der Waals surface area (Å²) in [5.74, 6) is -1.58. The van der Waals surface area contributed by atoms with Crippen LogP contribution in [0, 0.1) is 29.5 Å². The van der Waals surface area contributed by atoms with Gasteiger partial charge in [0.2, 0.25) is 5.91 Å². The van der Waals surface area contributed by atoms with Crippen molar-refractivity contribution in [2.45, 2.75) is 18.9 Å². The number of amides is 2. The number of fused-ring (bicyclic) bond motifs is 1. The van der Waals surface area contributed by atoms with E-state index in [9.17, 15) is 18.8 Å². The van der Waals surface area contributed by atoms with Crippen LogP contribution < -0.4 is 10.6 Å². The van der Waals surface area contributed by atoms with Crippen LogP contribution in [0.1, 0.15) is 23.2 Å². The maximum Gasteiger partial charge on any atom is 0.310 e. The third-order valence-corrected chi connectivity index (χ3v) is 6.28. The van der Waals surface area contributed by atoms with E-state index in [4.69, 9.17) is 4.74 Å². The molecule has 1 saturated heterocycles. The molecule has 2 aromatic rings. The molecule has 2 saturated carbocycles. The lowest BCUT2D eigenvalue weighted by Gasteiger charge is -2.23. The van der Waals surface area contributed by atoms with Crippen LogP contribution in [0.3, 0.4) is 0 Å². The standard InChI is InChI=1S/C22H19FN2O4/c23-13-4-6-14(7-5-13)24-20(26)11-2-1-3-15(8-11)25-21(27)18-12-9-16-17(10-12)29-22(28)19(16)18/h1-8,12,16-19H,9-10H2,(H,24,26)(H,25,27)/t12-,16+,17-,18+,19+/m1/s1. The number of rotatable bonds is 4. The van der Waals surface area contributed by atoms with Crippen molar-refractivity contribution < 1.29 is 23.5 Å². The van der Waals surface area contributed by atoms with Crippen LogP contribution in [-0.2, 0) is 14.3 Å². The monoisotopic (exact) mass is 394 g/mol. The van der Waals surface area contributed by atoms with Crippen molar-refractivity contribution in [2.75, 3.05) is 10.6 Å². The molecule has 1 aliphatic heterocycles. The molecule has 148 valence electrons. The molecule has 5 rings (SSSR count). The van der Waals surface area contributed by atoms with Crippen LogP contribution >= 0.6 is 0 Å². The largest absolute Gasteiger partial charge is 0.462 e. The fraction of sp³-hybridized carbons (Fsp3) is 0.318. The second kappa shape index (κ2) is 6.69. The Morgan fingerprint density at radius 1 is 1.00 bits per heavy atom. The van der Waals surface area contributed by atoms with Gasteiger partial charge in [-0.05, 0) is 61.2 Å². The zero-order valence-corrected chi connectivity index (χ0v) is 15.4. The topological polar surface area (TPSA) is 84.5 Å². The molecule has 5 atom stereocenters. The SMILES string of the molecule is O=C(Nc1ccc(F)cc1)c1cccc(NC(=O)[C@H]2[C@@H]3C[C@@H]4[C@@H]2C(=O)O[C@@H]4C3)c1. The van der Waals surface area contributed by atoms with Crippen molar-refractivity contribution in [3.05, 3.63) is 59.9 Å². The lowest BCUT2D eigenvalue weighted by Crippen LogP contribution is -2.35. The molecule has 2 aliphatic carbocycles. The fourth-order valence-corrected chi connectivity index (χ4v) is 5.06. The number of carbonyl (C=O) groups excluding carboxylic acids is 3. The highest BCUT2D eigenvalue weighted by atomic mass is 19.1. The minimum Gasteiger partial charge on any atom is -0.462 e. The predicted octanol–water partition coefficient (Wildman–Crippen LogP) is 3.21. The van der Waals surface area contributed by atoms with E-state index in [1.165, 1.54) is 24.3 Å². The first kappa shape index (κ1) is 17.8. The number of hydrogen-bond acceptors (Lipinski definition) is 4. The minimum atomic E-state index is -0.384. The summed E-state index contributed by atoms with van der Waals surface area (Å²) in [5.41, 5.74) is 1.33. The van der Waals surface area contributed by atoms with E-state index in [-0.39, 0.29) is 53.4 Å². The van der Waals surface area contributed by atoms with Gasteiger partial charge in [0.15, 0.2) is 0 Å². The van der Waals surface area contributed by atoms with Crippen LogP contribution in [0.15, 0.2) is 48.5 Å². The minimum absolute atomic E-state index is 0.0139. The summed E-state index contributed by atoms with van der Waals surface area (Å²) in [5, 5.41) is 5.55. The molecule has 3 aliphatic rings. The second-order valence-corrected chi connectivity index (χ2v) is 7.95. The Balaban J connectivity index is 1.29. The summed E-state index contributed by atoms with van der Waals surface area (Å²) in [6, 6.07) is 12.1. The fourth-order valence-electron chi connectivity index (χ4n) is 5.06. The van der Waals surface area contributed by atoms with Crippen molar-refractivity contribution in [1.82, 2.24) is 0 Å². The summed E-state index contributed by atoms with van der Waals surface area (Å²) in [6.45, 7) is 0. The maximum absolute atomic E-state index is 13.0. The Hall–Kier alpha value is -3.22. The van der Waals surface area contributed by atoms with E-state index in [0.717, 1.165) is 12.8 Å². The van der Waals surface area contributed by atoms with E-state index < -0.39 is 0 Å². The van der Waals surface area contributed by atoms with Gasteiger partial charge in [-0.2, -0.15) is 0 Å². The van der Waals surface area contributed by atoms with Crippen LogP contribution in [0.2, 0.25) is 0 Å². The summed E-state index contributed by atoms with van der Waals surface area (Å²) in [6.07, 6.45) is 1.60. The van der Waals surface area contributed by atoms with E-state index in [0.29, 0.717) is 16.9 Å². The van der Waals surface area contributed by atoms with Crippen molar-refractivity contribution in [3.8, 4) is 0 Å². The summed E-state index contributed by atoms with van der Waals surface area (Å²) in [7, 11) is 0. The molecule has 3 fully saturated rings. The first-order valence-electron chi connectivity index (χ1n) is 9.68. The van der Waals surface area contributed by atoms with Crippen molar-refractivity contribution in [3.63, 3.8) is 0 Å². The third-order valence-electron chi connectivity index (χ3n) is 6.28. The number of nitrogens with one attached hydrogen (secondary N) is 2. The molecule has 6 nitrogen and oxygen atoms in total. The zero-order chi connectivity index (χ0) is 20.1. The highest BCUT2D eigenvalue weighted by Gasteiger charge is 2.63. The molecule has 0 radical (unpaired) electrons. The van der Waals surface area contributed by atoms with E-state index >= 15 is 0 Å². The summed E-state index contributed by atoms with van der Waals surface area (Å²) >= 11 is 0. The zero-order valence-electron chi connectivity index (χ0n) is 15.4. The normalized spacial score (nSPS) is 28.9. The number of anilines is 2. The van der Waals surface area contributed by atoms with E-state index in [2.05, 4.69) is 10.6 Å². The van der Waals surface area contributed by atoms with Gasteiger partial charge in [0.25, 0.3) is 5.91 Å². The summed E-state index contributed by atoms with van der Waals surface area (Å²) < 4.78 is 18.4. The highest BCUT2D eigenvalue weighted by molar-refractivity contribution is 6.05. The van der Waals surface area contributed by atoms with Crippen molar-refractivity contribution >= 4 is 29.2 Å². The second-order valence-electron chi connectivity index (χ2n) is 7.95. The van der Waals surface area contributed by atoms with Gasteiger partial charge in [-0.3, -0.25) is 14.4 Å². The molecule has 2 N–H and O–H groups in total. The molecule has 29 heavy (non-hydrogen) atoms. The van der Waals surface area contributed by atoms with Crippen LogP contribution in [-0.4, -0.2) is 23.9 Å². The van der Waals surface area contributed by atoms with Crippen molar-refractivity contribution in [1.29, 1.82) is 0 Å². The first-order chi connectivity index (χ1) is 14.0. The molecular formula is C22H19FN2O4. The first-order valence-corrected chi connectivity index (χ1v) is 9.68. The van der Waals surface area contributed by atoms with Gasteiger partial charge >= 0.3 is 5.97 Å². The molecule has 0 spiro atoms. The van der Waals surface area contributed by atoms with E-state index in [1.807, 2.05) is 0 Å². The Morgan fingerprint density at radius 3 is 2.59 bits per heavy atom. The lowest BCUT2D eigenvalue weighted by molar-refractivity contribution is -0.145. The molecule has 0 unspecified atom stereocenters. The van der Waals surface area contributed by atoms with Crippen LogP contribution in [0.5, 0.6) is 0 Å². The molecule has 7 heteroatoms. The van der Waals surface area contributed by atoms with Crippen molar-refractivity contribution in [2.24, 2.45) is 23.7 Å². The highest BCUT2D eigenvalue weighted by Crippen LogP contribution is 2.57. The Labute approximate surface area is 166 Å². The lowest BCUT2D eigenvalue weighted by atomic mass is 9.79. The Morgan fingerprint density at radius 2 is 1.79 bits per heavy atom. The van der Waals surface area contributed by atoms with Crippen LogP contribution in [0.4, 0.5) is 15.8 Å². The van der Waals surface area contributed by atoms with Gasteiger partial charge in [-0.15, -0.1) is 0 Å². The van der Waals surface area contributed by atoms with Gasteiger partial charge in [0.05, 0.1) is 11.8 Å². The Bertz CT molecular complexity index is 1000. The molecule has 0 aromatic heterocycles. The molecule has 1 heterocycles. The molecular weight excluding hydrogens is 375 g/mol. The number of hydrogen-bond donors (Lipinski definition) is 2. The molecule has 2 aromatic carbocycles. The number of carbonyl (C=O) groups is 3. The quantitative estimate of drug-likeness (QED) is 0.780. The average Bonchev–Trinajstić information content (AvgIpc) is 3.32. The predicted molar refractivity (Wildman–Crippen MR) is 102 cm³/mol. The van der Waals surface area contributed by atoms with Gasteiger partial charge in [-0.25, -0.2) is 4.39 Å². The van der Waals surface area contributed by atoms with E-state index in [1.54, 1.807) is 24.3 Å². The molecule has 2 amide bonds. The maximum atomic E-state index is 13.0. The number of esters is 1. The van der Waals surface area contributed by atoms with Gasteiger partial charge in [0, 0.05) is 22.9 Å². The number of halogens is 1. The summed E-state index contributed by atoms with van der Waals surface area (Å²) in [4.78, 5) is 37.5. The van der Waals surface area contributed by atoms with Gasteiger partial charge in [0.1, 0.15) is 11.9 Å². The molecule has 2 bridgehead atoms. The smallest absolute Gasteiger partial charge is 0.310 e. The average molecular weight is 394 g/mol. The number of ether oxygens (including phenoxy) is 1. The van der Waals surface area contributed by atoms with Gasteiger partial charge in [-0.1, -0.05) is 6.07 Å². The third kappa shape index (κ3) is 3.06.